The van der Waals surface area contributed by atoms with Crippen LogP contribution in [0, 0.1) is 12.7 Å². The Kier molecular flexibility index (Phi) is 4.99. The van der Waals surface area contributed by atoms with Crippen molar-refractivity contribution >= 4 is 15.7 Å². The van der Waals surface area contributed by atoms with Gasteiger partial charge in [-0.1, -0.05) is 12.1 Å². The molecule has 1 aromatic rings. The number of halogens is 1. The number of hydrogen-bond donors (Lipinski definition) is 2. The summed E-state index contributed by atoms with van der Waals surface area (Å²) in [6.45, 7) is 2.53. The Labute approximate surface area is 119 Å². The zero-order valence-electron chi connectivity index (χ0n) is 11.7. The highest BCUT2D eigenvalue weighted by Crippen LogP contribution is 2.20. The first-order valence-corrected chi connectivity index (χ1v) is 8.62. The summed E-state index contributed by atoms with van der Waals surface area (Å²) in [6, 6.07) is 5.14. The molecule has 6 heteroatoms. The number of nitrogens with one attached hydrogen (secondary N) is 2. The fourth-order valence-corrected chi connectivity index (χ4v) is 3.23. The Bertz CT molecular complexity index is 536. The van der Waals surface area contributed by atoms with Crippen molar-refractivity contribution < 1.29 is 12.8 Å². The summed E-state index contributed by atoms with van der Waals surface area (Å²) in [5, 5.41) is 3.34. The van der Waals surface area contributed by atoms with Crippen molar-refractivity contribution in [3.8, 4) is 0 Å². The van der Waals surface area contributed by atoms with Crippen molar-refractivity contribution in [3.05, 3.63) is 29.6 Å². The van der Waals surface area contributed by atoms with E-state index in [0.29, 0.717) is 18.0 Å². The average Bonchev–Trinajstić information content (AvgIpc) is 3.18. The predicted octanol–water partition coefficient (Wildman–Crippen LogP) is 2.41. The normalized spacial score (nSPS) is 15.3. The maximum Gasteiger partial charge on any atom is 0.232 e. The lowest BCUT2D eigenvalue weighted by Crippen LogP contribution is -2.21. The monoisotopic (exact) mass is 300 g/mol. The number of hydrogen-bond acceptors (Lipinski definition) is 3. The van der Waals surface area contributed by atoms with E-state index in [1.54, 1.807) is 19.1 Å². The van der Waals surface area contributed by atoms with E-state index in [2.05, 4.69) is 10.0 Å². The van der Waals surface area contributed by atoms with E-state index in [9.17, 15) is 12.8 Å². The second kappa shape index (κ2) is 6.54. The van der Waals surface area contributed by atoms with Gasteiger partial charge in [0.25, 0.3) is 0 Å². The fourth-order valence-electron chi connectivity index (χ4n) is 1.98. The number of sulfonamides is 1. The molecule has 0 saturated heterocycles. The number of para-hydroxylation sites is 1. The van der Waals surface area contributed by atoms with Gasteiger partial charge >= 0.3 is 0 Å². The summed E-state index contributed by atoms with van der Waals surface area (Å²) < 4.78 is 39.8. The standard InChI is InChI=1S/C14H21FN2O2S/c1-11-5-4-6-13(15)14(11)17-20(18,19)10-3-2-9-16-12-7-8-12/h4-6,12,16-17H,2-3,7-10H2,1H3. The van der Waals surface area contributed by atoms with E-state index in [0.717, 1.165) is 13.0 Å². The molecule has 1 aromatic carbocycles. The first-order valence-electron chi connectivity index (χ1n) is 6.97. The van der Waals surface area contributed by atoms with Gasteiger partial charge in [-0.15, -0.1) is 0 Å². The summed E-state index contributed by atoms with van der Waals surface area (Å²) in [5.74, 6) is -0.517. The lowest BCUT2D eigenvalue weighted by molar-refractivity contribution is 0.589. The molecule has 112 valence electrons. The number of rotatable bonds is 8. The van der Waals surface area contributed by atoms with Crippen molar-refractivity contribution in [1.82, 2.24) is 5.32 Å². The molecule has 0 amide bonds. The van der Waals surface area contributed by atoms with Crippen molar-refractivity contribution in [2.45, 2.75) is 38.6 Å². The topological polar surface area (TPSA) is 58.2 Å². The molecule has 0 radical (unpaired) electrons. The summed E-state index contributed by atoms with van der Waals surface area (Å²) in [7, 11) is -3.48. The molecule has 2 rings (SSSR count). The minimum absolute atomic E-state index is 0.0210. The summed E-state index contributed by atoms with van der Waals surface area (Å²) in [6.07, 6.45) is 3.84. The Hall–Kier alpha value is -1.14. The van der Waals surface area contributed by atoms with Crippen LogP contribution in [0.5, 0.6) is 0 Å². The van der Waals surface area contributed by atoms with Gasteiger partial charge in [-0.3, -0.25) is 4.72 Å². The Morgan fingerprint density at radius 1 is 1.30 bits per heavy atom. The summed E-state index contributed by atoms with van der Waals surface area (Å²) in [4.78, 5) is 0. The Morgan fingerprint density at radius 2 is 2.05 bits per heavy atom. The highest BCUT2D eigenvalue weighted by Gasteiger charge is 2.20. The van der Waals surface area contributed by atoms with Crippen LogP contribution in [0.15, 0.2) is 18.2 Å². The number of anilines is 1. The molecule has 0 aromatic heterocycles. The van der Waals surface area contributed by atoms with Crippen LogP contribution < -0.4 is 10.0 Å². The maximum atomic E-state index is 13.6. The third kappa shape index (κ3) is 4.76. The first-order chi connectivity index (χ1) is 9.48. The van der Waals surface area contributed by atoms with Crippen molar-refractivity contribution in [2.75, 3.05) is 17.0 Å². The maximum absolute atomic E-state index is 13.6. The molecule has 1 saturated carbocycles. The lowest BCUT2D eigenvalue weighted by Gasteiger charge is -2.11. The fraction of sp³-hybridized carbons (Fsp3) is 0.571. The highest BCUT2D eigenvalue weighted by molar-refractivity contribution is 7.92. The second-order valence-electron chi connectivity index (χ2n) is 5.29. The smallest absolute Gasteiger partial charge is 0.232 e. The minimum Gasteiger partial charge on any atom is -0.314 e. The first kappa shape index (κ1) is 15.3. The van der Waals surface area contributed by atoms with E-state index in [4.69, 9.17) is 0 Å². The van der Waals surface area contributed by atoms with Crippen LogP contribution in [0.1, 0.15) is 31.2 Å². The van der Waals surface area contributed by atoms with Crippen LogP contribution in [-0.4, -0.2) is 26.8 Å². The molecule has 1 aliphatic carbocycles. The van der Waals surface area contributed by atoms with Crippen LogP contribution in [0.25, 0.3) is 0 Å². The zero-order valence-corrected chi connectivity index (χ0v) is 12.5. The number of benzene rings is 1. The van der Waals surface area contributed by atoms with Gasteiger partial charge in [0.2, 0.25) is 10.0 Å². The SMILES string of the molecule is Cc1cccc(F)c1NS(=O)(=O)CCCCNC1CC1. The molecule has 0 heterocycles. The number of aryl methyl sites for hydroxylation is 1. The molecule has 1 aliphatic rings. The Balaban J connectivity index is 1.80. The van der Waals surface area contributed by atoms with Gasteiger partial charge in [-0.25, -0.2) is 12.8 Å². The molecule has 2 N–H and O–H groups in total. The molecule has 0 spiro atoms. The molecule has 1 fully saturated rings. The molecule has 4 nitrogen and oxygen atoms in total. The molecule has 20 heavy (non-hydrogen) atoms. The second-order valence-corrected chi connectivity index (χ2v) is 7.13. The van der Waals surface area contributed by atoms with E-state index < -0.39 is 15.8 Å². The van der Waals surface area contributed by atoms with Gasteiger partial charge in [0, 0.05) is 6.04 Å². The molecule has 0 unspecified atom stereocenters. The molecular formula is C14H21FN2O2S. The van der Waals surface area contributed by atoms with Gasteiger partial charge in [0.05, 0.1) is 11.4 Å². The van der Waals surface area contributed by atoms with Crippen LogP contribution >= 0.6 is 0 Å². The number of unbranched alkanes of at least 4 members (excludes halogenated alkanes) is 1. The third-order valence-electron chi connectivity index (χ3n) is 3.33. The van der Waals surface area contributed by atoms with Crippen molar-refractivity contribution in [1.29, 1.82) is 0 Å². The van der Waals surface area contributed by atoms with Gasteiger partial charge in [-0.05, 0) is 50.8 Å². The van der Waals surface area contributed by atoms with Gasteiger partial charge in [-0.2, -0.15) is 0 Å². The molecular weight excluding hydrogens is 279 g/mol. The van der Waals surface area contributed by atoms with Gasteiger partial charge in [0.15, 0.2) is 0 Å². The van der Waals surface area contributed by atoms with Gasteiger partial charge in [0.1, 0.15) is 5.82 Å². The van der Waals surface area contributed by atoms with Crippen LogP contribution in [-0.2, 0) is 10.0 Å². The molecule has 0 bridgehead atoms. The summed E-state index contributed by atoms with van der Waals surface area (Å²) >= 11 is 0. The zero-order chi connectivity index (χ0) is 14.6. The van der Waals surface area contributed by atoms with Crippen LogP contribution in [0.2, 0.25) is 0 Å². The molecule has 0 aliphatic heterocycles. The van der Waals surface area contributed by atoms with E-state index in [1.807, 2.05) is 0 Å². The van der Waals surface area contributed by atoms with Crippen molar-refractivity contribution in [2.24, 2.45) is 0 Å². The lowest BCUT2D eigenvalue weighted by atomic mass is 10.2. The Morgan fingerprint density at radius 3 is 2.70 bits per heavy atom. The van der Waals surface area contributed by atoms with E-state index in [-0.39, 0.29) is 11.4 Å². The van der Waals surface area contributed by atoms with Crippen LogP contribution in [0.3, 0.4) is 0 Å². The highest BCUT2D eigenvalue weighted by atomic mass is 32.2. The van der Waals surface area contributed by atoms with E-state index >= 15 is 0 Å². The van der Waals surface area contributed by atoms with E-state index in [1.165, 1.54) is 18.9 Å². The third-order valence-corrected chi connectivity index (χ3v) is 4.67. The average molecular weight is 300 g/mol. The van der Waals surface area contributed by atoms with Gasteiger partial charge < -0.3 is 5.32 Å². The predicted molar refractivity (Wildman–Crippen MR) is 78.8 cm³/mol. The molecule has 0 atom stereocenters. The largest absolute Gasteiger partial charge is 0.314 e. The van der Waals surface area contributed by atoms with Crippen molar-refractivity contribution in [3.63, 3.8) is 0 Å². The minimum atomic E-state index is -3.48. The quantitative estimate of drug-likeness (QED) is 0.725. The summed E-state index contributed by atoms with van der Waals surface area (Å²) in [5.41, 5.74) is 0.646. The van der Waals surface area contributed by atoms with Crippen LogP contribution in [0.4, 0.5) is 10.1 Å².